The number of benzene rings is 1. The van der Waals surface area contributed by atoms with Gasteiger partial charge in [-0.1, -0.05) is 6.07 Å². The molecule has 0 fully saturated rings. The molecule has 17 heavy (non-hydrogen) atoms. The minimum atomic E-state index is -5.03. The van der Waals surface area contributed by atoms with E-state index in [1.165, 1.54) is 12.1 Å². The fourth-order valence-corrected chi connectivity index (χ4v) is 1.41. The third-order valence-corrected chi connectivity index (χ3v) is 2.65. The van der Waals surface area contributed by atoms with E-state index in [0.717, 1.165) is 6.07 Å². The van der Waals surface area contributed by atoms with Crippen molar-refractivity contribution >= 4 is 40.2 Å². The highest BCUT2D eigenvalue weighted by Gasteiger charge is 2.38. The van der Waals surface area contributed by atoms with Gasteiger partial charge < -0.3 is 15.2 Å². The highest BCUT2D eigenvalue weighted by molar-refractivity contribution is 14.1. The molecule has 0 saturated heterocycles. The maximum atomic E-state index is 12.0. The molecule has 92 valence electrons. The van der Waals surface area contributed by atoms with Gasteiger partial charge in [-0.25, -0.2) is 0 Å². The first-order chi connectivity index (χ1) is 7.71. The van der Waals surface area contributed by atoms with Gasteiger partial charge >= 0.3 is 12.1 Å². The zero-order chi connectivity index (χ0) is 13.2. The van der Waals surface area contributed by atoms with Crippen molar-refractivity contribution in [1.29, 1.82) is 0 Å². The van der Waals surface area contributed by atoms with Gasteiger partial charge in [0.1, 0.15) is 0 Å². The van der Waals surface area contributed by atoms with Gasteiger partial charge in [0, 0.05) is 3.57 Å². The Bertz CT molecular complexity index is 473. The average Bonchev–Trinajstić information content (AvgIpc) is 2.19. The van der Waals surface area contributed by atoms with Crippen LogP contribution in [0.4, 0.5) is 18.9 Å². The number of anilines is 1. The third-order valence-electron chi connectivity index (χ3n) is 1.71. The molecule has 0 aliphatic carbocycles. The minimum absolute atomic E-state index is 0.227. The molecule has 0 heterocycles. The SMILES string of the molecule is O=C([O-])c1ccc(I)c(NC(=O)C(F)(F)F)c1. The number of carboxylic acids is 1. The molecule has 1 aromatic rings. The van der Waals surface area contributed by atoms with Gasteiger partial charge in [-0.15, -0.1) is 0 Å². The van der Waals surface area contributed by atoms with Crippen LogP contribution < -0.4 is 10.4 Å². The molecule has 0 bridgehead atoms. The maximum Gasteiger partial charge on any atom is 0.471 e. The molecular formula is C9H4F3INO3-. The second kappa shape index (κ2) is 4.90. The van der Waals surface area contributed by atoms with Gasteiger partial charge in [0.15, 0.2) is 0 Å². The number of carboxylic acid groups (broad SMARTS) is 1. The van der Waals surface area contributed by atoms with E-state index in [1.807, 2.05) is 0 Å². The standard InChI is InChI=1S/C9H5F3INO3/c10-9(11,12)8(17)14-6-3-4(7(15)16)1-2-5(6)13/h1-3H,(H,14,17)(H,15,16)/p-1. The predicted molar refractivity (Wildman–Crippen MR) is 58.2 cm³/mol. The summed E-state index contributed by atoms with van der Waals surface area (Å²) >= 11 is 1.67. The van der Waals surface area contributed by atoms with E-state index in [0.29, 0.717) is 0 Å². The molecule has 1 amide bonds. The molecule has 0 spiro atoms. The van der Waals surface area contributed by atoms with Gasteiger partial charge in [-0.2, -0.15) is 13.2 Å². The number of carbonyl (C=O) groups is 2. The Balaban J connectivity index is 3.02. The Morgan fingerprint density at radius 1 is 1.29 bits per heavy atom. The summed E-state index contributed by atoms with van der Waals surface area (Å²) in [6.45, 7) is 0. The molecule has 1 N–H and O–H groups in total. The molecule has 8 heteroatoms. The Labute approximate surface area is 107 Å². The number of hydrogen-bond acceptors (Lipinski definition) is 3. The quantitative estimate of drug-likeness (QED) is 0.807. The number of amides is 1. The summed E-state index contributed by atoms with van der Waals surface area (Å²) in [5.74, 6) is -3.70. The van der Waals surface area contributed by atoms with Gasteiger partial charge in [-0.05, 0) is 40.3 Å². The number of aromatic carboxylic acids is 1. The fourth-order valence-electron chi connectivity index (χ4n) is 0.941. The van der Waals surface area contributed by atoms with Crippen LogP contribution in [0.25, 0.3) is 0 Å². The van der Waals surface area contributed by atoms with Gasteiger partial charge in [0.25, 0.3) is 0 Å². The molecule has 0 radical (unpaired) electrons. The summed E-state index contributed by atoms with van der Waals surface area (Å²) in [5, 5.41) is 12.1. The van der Waals surface area contributed by atoms with E-state index >= 15 is 0 Å². The lowest BCUT2D eigenvalue weighted by Crippen LogP contribution is -2.30. The molecule has 0 aliphatic rings. The van der Waals surface area contributed by atoms with Crippen molar-refractivity contribution in [3.8, 4) is 0 Å². The first kappa shape index (κ1) is 13.7. The maximum absolute atomic E-state index is 12.0. The third kappa shape index (κ3) is 3.58. The van der Waals surface area contributed by atoms with E-state index in [-0.39, 0.29) is 14.8 Å². The van der Waals surface area contributed by atoms with Crippen molar-refractivity contribution < 1.29 is 27.9 Å². The zero-order valence-electron chi connectivity index (χ0n) is 7.97. The van der Waals surface area contributed by atoms with Crippen LogP contribution in [0.1, 0.15) is 10.4 Å². The summed E-state index contributed by atoms with van der Waals surface area (Å²) in [6, 6.07) is 3.33. The van der Waals surface area contributed by atoms with Crippen molar-refractivity contribution in [3.05, 3.63) is 27.3 Å². The van der Waals surface area contributed by atoms with E-state index in [1.54, 1.807) is 27.9 Å². The first-order valence-corrected chi connectivity index (χ1v) is 5.19. The van der Waals surface area contributed by atoms with Crippen LogP contribution in [0.3, 0.4) is 0 Å². The van der Waals surface area contributed by atoms with Crippen LogP contribution in [0.15, 0.2) is 18.2 Å². The number of hydrogen-bond donors (Lipinski definition) is 1. The van der Waals surface area contributed by atoms with Crippen LogP contribution in [0.5, 0.6) is 0 Å². The lowest BCUT2D eigenvalue weighted by atomic mass is 10.2. The van der Waals surface area contributed by atoms with Crippen LogP contribution >= 0.6 is 22.6 Å². The summed E-state index contributed by atoms with van der Waals surface area (Å²) in [7, 11) is 0. The van der Waals surface area contributed by atoms with Crippen molar-refractivity contribution in [3.63, 3.8) is 0 Å². The Hall–Kier alpha value is -1.32. The van der Waals surface area contributed by atoms with Crippen LogP contribution in [0, 0.1) is 3.57 Å². The minimum Gasteiger partial charge on any atom is -0.545 e. The normalized spacial score (nSPS) is 11.1. The molecule has 0 aromatic heterocycles. The van der Waals surface area contributed by atoms with Crippen molar-refractivity contribution in [2.45, 2.75) is 6.18 Å². The molecule has 1 aromatic carbocycles. The highest BCUT2D eigenvalue weighted by atomic mass is 127. The molecule has 0 saturated carbocycles. The van der Waals surface area contributed by atoms with Gasteiger partial charge in [0.05, 0.1) is 11.7 Å². The Kier molecular flexibility index (Phi) is 3.96. The number of carbonyl (C=O) groups excluding carboxylic acids is 2. The van der Waals surface area contributed by atoms with Crippen molar-refractivity contribution in [2.24, 2.45) is 0 Å². The molecule has 0 atom stereocenters. The van der Waals surface area contributed by atoms with E-state index in [4.69, 9.17) is 0 Å². The molecular weight excluding hydrogens is 354 g/mol. The molecule has 1 rings (SSSR count). The summed E-state index contributed by atoms with van der Waals surface area (Å²) in [4.78, 5) is 21.2. The molecule has 0 aliphatic heterocycles. The van der Waals surface area contributed by atoms with Crippen molar-refractivity contribution in [1.82, 2.24) is 0 Å². The van der Waals surface area contributed by atoms with E-state index in [2.05, 4.69) is 0 Å². The smallest absolute Gasteiger partial charge is 0.471 e. The largest absolute Gasteiger partial charge is 0.545 e. The fraction of sp³-hybridized carbons (Fsp3) is 0.111. The van der Waals surface area contributed by atoms with E-state index in [9.17, 15) is 27.9 Å². The molecule has 0 unspecified atom stereocenters. The monoisotopic (exact) mass is 358 g/mol. The lowest BCUT2D eigenvalue weighted by molar-refractivity contribution is -0.255. The summed E-state index contributed by atoms with van der Waals surface area (Å²) in [5.41, 5.74) is -0.544. The second-order valence-electron chi connectivity index (χ2n) is 2.93. The Morgan fingerprint density at radius 2 is 1.88 bits per heavy atom. The van der Waals surface area contributed by atoms with Gasteiger partial charge in [0.2, 0.25) is 0 Å². The predicted octanol–water partition coefficient (Wildman–Crippen LogP) is 1.16. The number of rotatable bonds is 2. The lowest BCUT2D eigenvalue weighted by Gasteiger charge is -2.11. The highest BCUT2D eigenvalue weighted by Crippen LogP contribution is 2.23. The second-order valence-corrected chi connectivity index (χ2v) is 4.10. The topological polar surface area (TPSA) is 69.2 Å². The summed E-state index contributed by atoms with van der Waals surface area (Å²) in [6.07, 6.45) is -5.03. The van der Waals surface area contributed by atoms with Crippen LogP contribution in [-0.4, -0.2) is 18.1 Å². The van der Waals surface area contributed by atoms with Crippen LogP contribution in [0.2, 0.25) is 0 Å². The molecule has 4 nitrogen and oxygen atoms in total. The zero-order valence-corrected chi connectivity index (χ0v) is 10.1. The first-order valence-electron chi connectivity index (χ1n) is 4.11. The number of halogens is 4. The van der Waals surface area contributed by atoms with Crippen molar-refractivity contribution in [2.75, 3.05) is 5.32 Å². The van der Waals surface area contributed by atoms with Crippen LogP contribution in [-0.2, 0) is 4.79 Å². The number of nitrogens with one attached hydrogen (secondary N) is 1. The van der Waals surface area contributed by atoms with E-state index < -0.39 is 18.1 Å². The van der Waals surface area contributed by atoms with Gasteiger partial charge in [-0.3, -0.25) is 4.79 Å². The Morgan fingerprint density at radius 3 is 2.35 bits per heavy atom. The number of alkyl halides is 3. The average molecular weight is 358 g/mol. The summed E-state index contributed by atoms with van der Waals surface area (Å²) < 4.78 is 36.2.